The molecule has 0 radical (unpaired) electrons. The van der Waals surface area contributed by atoms with Crippen LogP contribution in [0.1, 0.15) is 37.3 Å². The van der Waals surface area contributed by atoms with E-state index in [1.165, 1.54) is 18.3 Å². The molecule has 4 heterocycles. The van der Waals surface area contributed by atoms with Gasteiger partial charge in [0.1, 0.15) is 11.2 Å². The Labute approximate surface area is 196 Å². The van der Waals surface area contributed by atoms with Gasteiger partial charge in [-0.1, -0.05) is 24.3 Å². The van der Waals surface area contributed by atoms with Gasteiger partial charge >= 0.3 is 0 Å². The Morgan fingerprint density at radius 2 is 1.88 bits per heavy atom. The number of para-hydroxylation sites is 1. The van der Waals surface area contributed by atoms with Crippen molar-refractivity contribution in [1.29, 1.82) is 0 Å². The number of rotatable bonds is 7. The molecule has 1 atom stereocenters. The van der Waals surface area contributed by atoms with Crippen LogP contribution >= 0.6 is 0 Å². The molecular weight excluding hydrogens is 434 g/mol. The SMILES string of the molecule is O=c1ccc2ncc(=O)n3c2n1CC3CN1CCC(CC/C=C/c2ccccc2[N+](=O)[O-])CC1. The quantitative estimate of drug-likeness (QED) is 0.395. The summed E-state index contributed by atoms with van der Waals surface area (Å²) in [6.07, 6.45) is 9.34. The van der Waals surface area contributed by atoms with Gasteiger partial charge in [-0.2, -0.15) is 0 Å². The first kappa shape index (κ1) is 22.2. The van der Waals surface area contributed by atoms with Gasteiger partial charge in [0.2, 0.25) is 0 Å². The molecule has 34 heavy (non-hydrogen) atoms. The highest BCUT2D eigenvalue weighted by Gasteiger charge is 2.29. The second-order valence-corrected chi connectivity index (χ2v) is 9.15. The monoisotopic (exact) mass is 461 g/mol. The summed E-state index contributed by atoms with van der Waals surface area (Å²) in [7, 11) is 0. The van der Waals surface area contributed by atoms with E-state index >= 15 is 0 Å². The number of nitro groups is 1. The molecule has 0 bridgehead atoms. The zero-order chi connectivity index (χ0) is 23.7. The first-order valence-electron chi connectivity index (χ1n) is 11.7. The van der Waals surface area contributed by atoms with E-state index in [4.69, 9.17) is 0 Å². The second kappa shape index (κ2) is 9.34. The smallest absolute Gasteiger partial charge is 0.276 e. The van der Waals surface area contributed by atoms with Crippen LogP contribution in [-0.2, 0) is 6.54 Å². The van der Waals surface area contributed by atoms with Crippen LogP contribution in [0, 0.1) is 16.0 Å². The van der Waals surface area contributed by atoms with Crippen molar-refractivity contribution >= 4 is 22.9 Å². The first-order chi connectivity index (χ1) is 16.5. The van der Waals surface area contributed by atoms with Crippen molar-refractivity contribution in [1.82, 2.24) is 19.0 Å². The van der Waals surface area contributed by atoms with Crippen LogP contribution in [0.25, 0.3) is 17.2 Å². The van der Waals surface area contributed by atoms with Crippen LogP contribution in [0.2, 0.25) is 0 Å². The van der Waals surface area contributed by atoms with Crippen molar-refractivity contribution < 1.29 is 4.92 Å². The van der Waals surface area contributed by atoms with Crippen molar-refractivity contribution in [3.05, 3.63) is 85.1 Å². The summed E-state index contributed by atoms with van der Waals surface area (Å²) < 4.78 is 3.41. The molecule has 1 fully saturated rings. The summed E-state index contributed by atoms with van der Waals surface area (Å²) >= 11 is 0. The molecule has 2 aromatic heterocycles. The first-order valence-corrected chi connectivity index (χ1v) is 11.7. The average Bonchev–Trinajstić information content (AvgIpc) is 3.23. The largest absolute Gasteiger partial charge is 0.301 e. The van der Waals surface area contributed by atoms with E-state index < -0.39 is 0 Å². The summed E-state index contributed by atoms with van der Waals surface area (Å²) in [6.45, 7) is 3.17. The minimum absolute atomic E-state index is 0.0609. The fraction of sp³-hybridized carbons (Fsp3) is 0.400. The van der Waals surface area contributed by atoms with Crippen LogP contribution in [-0.4, -0.2) is 43.6 Å². The Balaban J connectivity index is 1.15. The maximum absolute atomic E-state index is 12.5. The number of pyridine rings is 1. The molecule has 0 N–H and O–H groups in total. The molecule has 1 aromatic carbocycles. The molecule has 0 spiro atoms. The zero-order valence-electron chi connectivity index (χ0n) is 18.9. The Morgan fingerprint density at radius 1 is 1.09 bits per heavy atom. The van der Waals surface area contributed by atoms with Gasteiger partial charge in [-0.25, -0.2) is 4.98 Å². The summed E-state index contributed by atoms with van der Waals surface area (Å²) in [5.74, 6) is 0.616. The number of nitro benzene ring substituents is 1. The molecule has 2 aliphatic rings. The number of hydrogen-bond acceptors (Lipinski definition) is 6. The standard InChI is InChI=1S/C25H27N5O4/c31-23-10-9-21-25-28(23)17-20(29(25)24(32)15-26-21)16-27-13-11-18(12-14-27)5-1-2-6-19-7-3-4-8-22(19)30(33)34/h2-4,6-10,15,18,20H,1,5,11-14,16-17H2/b6-2+. The number of nitrogens with zero attached hydrogens (tertiary/aromatic N) is 5. The van der Waals surface area contributed by atoms with Gasteiger partial charge < -0.3 is 4.90 Å². The lowest BCUT2D eigenvalue weighted by Gasteiger charge is -2.33. The normalized spacial score (nSPS) is 18.8. The molecule has 0 saturated carbocycles. The van der Waals surface area contributed by atoms with Gasteiger partial charge in [0.15, 0.2) is 0 Å². The zero-order valence-corrected chi connectivity index (χ0v) is 18.9. The Kier molecular flexibility index (Phi) is 6.10. The Bertz CT molecular complexity index is 1360. The minimum Gasteiger partial charge on any atom is -0.301 e. The van der Waals surface area contributed by atoms with Crippen molar-refractivity contribution in [2.75, 3.05) is 19.6 Å². The van der Waals surface area contributed by atoms with Crippen molar-refractivity contribution in [3.63, 3.8) is 0 Å². The van der Waals surface area contributed by atoms with E-state index in [9.17, 15) is 19.7 Å². The van der Waals surface area contributed by atoms with E-state index in [1.807, 2.05) is 18.2 Å². The Morgan fingerprint density at radius 3 is 2.68 bits per heavy atom. The van der Waals surface area contributed by atoms with Crippen molar-refractivity contribution in [2.45, 2.75) is 38.3 Å². The molecule has 0 amide bonds. The van der Waals surface area contributed by atoms with Crippen LogP contribution in [0.5, 0.6) is 0 Å². The molecular formula is C25H27N5O4. The number of likely N-dealkylation sites (tertiary alicyclic amines) is 1. The van der Waals surface area contributed by atoms with Crippen molar-refractivity contribution in [2.24, 2.45) is 5.92 Å². The fourth-order valence-electron chi connectivity index (χ4n) is 5.26. The van der Waals surface area contributed by atoms with Gasteiger partial charge in [0, 0.05) is 25.2 Å². The molecule has 9 heteroatoms. The van der Waals surface area contributed by atoms with Gasteiger partial charge in [-0.05, 0) is 56.8 Å². The lowest BCUT2D eigenvalue weighted by Crippen LogP contribution is -2.39. The Hall–Kier alpha value is -3.59. The third-order valence-corrected chi connectivity index (χ3v) is 7.02. The van der Waals surface area contributed by atoms with Gasteiger partial charge in [-0.3, -0.25) is 28.8 Å². The summed E-state index contributed by atoms with van der Waals surface area (Å²) in [6, 6.07) is 9.93. The lowest BCUT2D eigenvalue weighted by molar-refractivity contribution is -0.385. The van der Waals surface area contributed by atoms with Gasteiger partial charge in [0.25, 0.3) is 16.8 Å². The third kappa shape index (κ3) is 4.31. The predicted molar refractivity (Wildman–Crippen MR) is 130 cm³/mol. The molecule has 1 saturated heterocycles. The lowest BCUT2D eigenvalue weighted by atomic mass is 9.92. The number of benzene rings is 1. The molecule has 3 aromatic rings. The number of piperidine rings is 1. The topological polar surface area (TPSA) is 103 Å². The highest BCUT2D eigenvalue weighted by molar-refractivity contribution is 5.71. The maximum atomic E-state index is 12.5. The second-order valence-electron chi connectivity index (χ2n) is 9.15. The van der Waals surface area contributed by atoms with Crippen LogP contribution < -0.4 is 11.1 Å². The van der Waals surface area contributed by atoms with Crippen molar-refractivity contribution in [3.8, 4) is 0 Å². The fourth-order valence-corrected chi connectivity index (χ4v) is 5.26. The molecule has 2 aliphatic heterocycles. The van der Waals surface area contributed by atoms with E-state index in [0.717, 1.165) is 45.3 Å². The highest BCUT2D eigenvalue weighted by atomic mass is 16.6. The maximum Gasteiger partial charge on any atom is 0.276 e. The molecule has 9 nitrogen and oxygen atoms in total. The highest BCUT2D eigenvalue weighted by Crippen LogP contribution is 2.27. The third-order valence-electron chi connectivity index (χ3n) is 7.02. The van der Waals surface area contributed by atoms with Crippen LogP contribution in [0.15, 0.2) is 58.3 Å². The van der Waals surface area contributed by atoms with E-state index in [-0.39, 0.29) is 27.8 Å². The number of allylic oxidation sites excluding steroid dienone is 1. The number of aromatic nitrogens is 3. The van der Waals surface area contributed by atoms with Gasteiger partial charge in [0.05, 0.1) is 22.7 Å². The minimum atomic E-state index is -0.348. The number of hydrogen-bond donors (Lipinski definition) is 0. The van der Waals surface area contributed by atoms with Crippen LogP contribution in [0.4, 0.5) is 5.69 Å². The molecule has 0 aliphatic carbocycles. The van der Waals surface area contributed by atoms with Crippen LogP contribution in [0.3, 0.4) is 0 Å². The molecule has 5 rings (SSSR count). The van der Waals surface area contributed by atoms with Gasteiger partial charge in [-0.15, -0.1) is 0 Å². The average molecular weight is 462 g/mol. The molecule has 1 unspecified atom stereocenters. The van der Waals surface area contributed by atoms with E-state index in [0.29, 0.717) is 29.2 Å². The van der Waals surface area contributed by atoms with E-state index in [1.54, 1.807) is 27.3 Å². The summed E-state index contributed by atoms with van der Waals surface area (Å²) in [5.41, 5.74) is 1.83. The summed E-state index contributed by atoms with van der Waals surface area (Å²) in [4.78, 5) is 42.2. The van der Waals surface area contributed by atoms with E-state index in [2.05, 4.69) is 9.88 Å². The summed E-state index contributed by atoms with van der Waals surface area (Å²) in [5, 5.41) is 11.1. The predicted octanol–water partition coefficient (Wildman–Crippen LogP) is 3.23. The molecule has 176 valence electrons.